The third-order valence-electron chi connectivity index (χ3n) is 3.35. The van der Waals surface area contributed by atoms with Crippen LogP contribution >= 0.6 is 0 Å². The van der Waals surface area contributed by atoms with Crippen molar-refractivity contribution in [3.05, 3.63) is 22.9 Å². The Hall–Kier alpha value is -1.18. The molecule has 0 unspecified atom stereocenters. The predicted octanol–water partition coefficient (Wildman–Crippen LogP) is 0.699. The van der Waals surface area contributed by atoms with Gasteiger partial charge in [-0.2, -0.15) is 17.0 Å². The van der Waals surface area contributed by atoms with Crippen LogP contribution in [0.25, 0.3) is 0 Å². The van der Waals surface area contributed by atoms with Crippen LogP contribution in [0.5, 0.6) is 5.88 Å². The Morgan fingerprint density at radius 2 is 2.05 bits per heavy atom. The van der Waals surface area contributed by atoms with Crippen LogP contribution in [0.15, 0.2) is 6.07 Å². The molecular formula is C12H19N3O3S. The van der Waals surface area contributed by atoms with Crippen LogP contribution in [-0.2, 0) is 16.8 Å². The van der Waals surface area contributed by atoms with E-state index < -0.39 is 10.2 Å². The Morgan fingerprint density at radius 1 is 1.37 bits per heavy atom. The molecule has 0 amide bonds. The fraction of sp³-hybridized carbons (Fsp3) is 0.583. The third kappa shape index (κ3) is 2.58. The van der Waals surface area contributed by atoms with Gasteiger partial charge in [0.05, 0.1) is 7.11 Å². The van der Waals surface area contributed by atoms with Gasteiger partial charge >= 0.3 is 0 Å². The maximum absolute atomic E-state index is 12.1. The molecule has 0 atom stereocenters. The average Bonchev–Trinajstić information content (AvgIpc) is 2.58. The van der Waals surface area contributed by atoms with E-state index >= 15 is 0 Å². The molecule has 1 aliphatic rings. The molecule has 0 N–H and O–H groups in total. The predicted molar refractivity (Wildman–Crippen MR) is 72.2 cm³/mol. The van der Waals surface area contributed by atoms with Crippen LogP contribution in [0.2, 0.25) is 0 Å². The summed E-state index contributed by atoms with van der Waals surface area (Å²) in [5.74, 6) is 0.502. The topological polar surface area (TPSA) is 62.7 Å². The first kappa shape index (κ1) is 14.2. The number of methoxy groups -OCH3 is 1. The van der Waals surface area contributed by atoms with E-state index in [0.717, 1.165) is 16.8 Å². The quantitative estimate of drug-likeness (QED) is 0.820. The van der Waals surface area contributed by atoms with Gasteiger partial charge in [-0.15, -0.1) is 0 Å². The largest absolute Gasteiger partial charge is 0.481 e. The molecule has 0 radical (unpaired) electrons. The van der Waals surface area contributed by atoms with Crippen LogP contribution in [0.1, 0.15) is 16.8 Å². The van der Waals surface area contributed by atoms with Crippen LogP contribution in [0.3, 0.4) is 0 Å². The molecule has 7 heteroatoms. The zero-order valence-corrected chi connectivity index (χ0v) is 12.5. The standard InChI is InChI=1S/C12H19N3O3S/c1-9-7-10(2)13-12(18-4)11(9)8-15-6-5-14(3)19(15,16)17/h7H,5-6,8H2,1-4H3. The van der Waals surface area contributed by atoms with Crippen molar-refractivity contribution in [1.29, 1.82) is 0 Å². The number of rotatable bonds is 3. The molecule has 6 nitrogen and oxygen atoms in total. The molecule has 0 aromatic carbocycles. The number of aryl methyl sites for hydroxylation is 2. The fourth-order valence-corrected chi connectivity index (χ4v) is 3.52. The van der Waals surface area contributed by atoms with Gasteiger partial charge in [0.1, 0.15) is 0 Å². The summed E-state index contributed by atoms with van der Waals surface area (Å²) in [6.07, 6.45) is 0. The average molecular weight is 285 g/mol. The van der Waals surface area contributed by atoms with Gasteiger partial charge in [0.15, 0.2) is 0 Å². The maximum atomic E-state index is 12.1. The van der Waals surface area contributed by atoms with Crippen molar-refractivity contribution >= 4 is 10.2 Å². The molecule has 0 bridgehead atoms. The van der Waals surface area contributed by atoms with Crippen molar-refractivity contribution in [2.75, 3.05) is 27.2 Å². The number of hydrogen-bond acceptors (Lipinski definition) is 4. The minimum Gasteiger partial charge on any atom is -0.481 e. The number of likely N-dealkylation sites (N-methyl/N-ethyl adjacent to an activating group) is 1. The SMILES string of the molecule is COc1nc(C)cc(C)c1CN1CCN(C)S1(=O)=O. The van der Waals surface area contributed by atoms with Crippen molar-refractivity contribution in [1.82, 2.24) is 13.6 Å². The second-order valence-corrected chi connectivity index (χ2v) is 6.77. The van der Waals surface area contributed by atoms with E-state index in [4.69, 9.17) is 4.74 Å². The molecule has 0 spiro atoms. The van der Waals surface area contributed by atoms with Gasteiger partial charge in [0.2, 0.25) is 5.88 Å². The molecule has 1 aliphatic heterocycles. The molecule has 1 aromatic rings. The Kier molecular flexibility index (Phi) is 3.80. The summed E-state index contributed by atoms with van der Waals surface area (Å²) in [7, 11) is -0.192. The lowest BCUT2D eigenvalue weighted by Gasteiger charge is -2.18. The van der Waals surface area contributed by atoms with Gasteiger partial charge in [-0.05, 0) is 25.5 Å². The van der Waals surface area contributed by atoms with Crippen LogP contribution < -0.4 is 4.74 Å². The molecular weight excluding hydrogens is 266 g/mol. The van der Waals surface area contributed by atoms with Crippen molar-refractivity contribution in [2.45, 2.75) is 20.4 Å². The molecule has 0 aliphatic carbocycles. The first-order valence-corrected chi connectivity index (χ1v) is 7.48. The molecule has 106 valence electrons. The zero-order valence-electron chi connectivity index (χ0n) is 11.7. The maximum Gasteiger partial charge on any atom is 0.282 e. The number of pyridine rings is 1. The van der Waals surface area contributed by atoms with Crippen LogP contribution in [0, 0.1) is 13.8 Å². The highest BCUT2D eigenvalue weighted by Crippen LogP contribution is 2.25. The van der Waals surface area contributed by atoms with Crippen molar-refractivity contribution in [2.24, 2.45) is 0 Å². The highest BCUT2D eigenvalue weighted by molar-refractivity contribution is 7.86. The van der Waals surface area contributed by atoms with Crippen LogP contribution in [0.4, 0.5) is 0 Å². The number of aromatic nitrogens is 1. The van der Waals surface area contributed by atoms with E-state index in [1.165, 1.54) is 8.61 Å². The van der Waals surface area contributed by atoms with Gasteiger partial charge in [-0.25, -0.2) is 4.98 Å². The van der Waals surface area contributed by atoms with E-state index in [9.17, 15) is 8.42 Å². The summed E-state index contributed by atoms with van der Waals surface area (Å²) in [6.45, 7) is 5.14. The van der Waals surface area contributed by atoms with E-state index in [-0.39, 0.29) is 0 Å². The molecule has 2 rings (SSSR count). The normalized spacial score (nSPS) is 19.8. The molecule has 19 heavy (non-hydrogen) atoms. The number of nitrogens with zero attached hydrogens (tertiary/aromatic N) is 3. The Bertz CT molecular complexity index is 586. The van der Waals surface area contributed by atoms with Gasteiger partial charge in [0.25, 0.3) is 10.2 Å². The smallest absolute Gasteiger partial charge is 0.282 e. The van der Waals surface area contributed by atoms with Crippen LogP contribution in [-0.4, -0.2) is 49.3 Å². The van der Waals surface area contributed by atoms with Crippen molar-refractivity contribution in [3.63, 3.8) is 0 Å². The van der Waals surface area contributed by atoms with Crippen molar-refractivity contribution < 1.29 is 13.2 Å². The fourth-order valence-electron chi connectivity index (χ4n) is 2.21. The Balaban J connectivity index is 2.35. The van der Waals surface area contributed by atoms with Gasteiger partial charge in [0, 0.05) is 37.9 Å². The van der Waals surface area contributed by atoms with Crippen molar-refractivity contribution in [3.8, 4) is 5.88 Å². The molecule has 1 saturated heterocycles. The Labute approximate surface area is 114 Å². The molecule has 1 fully saturated rings. The summed E-state index contributed by atoms with van der Waals surface area (Å²) in [5.41, 5.74) is 2.68. The second kappa shape index (κ2) is 5.07. The summed E-state index contributed by atoms with van der Waals surface area (Å²) in [4.78, 5) is 4.30. The second-order valence-electron chi connectivity index (χ2n) is 4.73. The van der Waals surface area contributed by atoms with Gasteiger partial charge < -0.3 is 4.74 Å². The monoisotopic (exact) mass is 285 g/mol. The third-order valence-corrected chi connectivity index (χ3v) is 5.28. The lowest BCUT2D eigenvalue weighted by Crippen LogP contribution is -2.30. The van der Waals surface area contributed by atoms with E-state index in [1.54, 1.807) is 14.2 Å². The number of hydrogen-bond donors (Lipinski definition) is 0. The highest BCUT2D eigenvalue weighted by Gasteiger charge is 2.34. The summed E-state index contributed by atoms with van der Waals surface area (Å²) in [6, 6.07) is 1.93. The lowest BCUT2D eigenvalue weighted by molar-refractivity contribution is 0.376. The minimum atomic E-state index is -3.33. The molecule has 1 aromatic heterocycles. The molecule has 0 saturated carbocycles. The zero-order chi connectivity index (χ0) is 14.2. The van der Waals surface area contributed by atoms with Gasteiger partial charge in [-0.1, -0.05) is 0 Å². The highest BCUT2D eigenvalue weighted by atomic mass is 32.2. The minimum absolute atomic E-state index is 0.301. The first-order valence-electron chi connectivity index (χ1n) is 6.08. The van der Waals surface area contributed by atoms with E-state index in [1.807, 2.05) is 19.9 Å². The molecule has 2 heterocycles. The first-order chi connectivity index (χ1) is 8.86. The Morgan fingerprint density at radius 3 is 2.58 bits per heavy atom. The lowest BCUT2D eigenvalue weighted by atomic mass is 10.1. The van der Waals surface area contributed by atoms with E-state index in [2.05, 4.69) is 4.98 Å². The van der Waals surface area contributed by atoms with E-state index in [0.29, 0.717) is 25.5 Å². The number of ether oxygens (including phenoxy) is 1. The summed E-state index contributed by atoms with van der Waals surface area (Å²) < 4.78 is 32.2. The summed E-state index contributed by atoms with van der Waals surface area (Å²) >= 11 is 0. The van der Waals surface area contributed by atoms with Gasteiger partial charge in [-0.3, -0.25) is 0 Å². The summed E-state index contributed by atoms with van der Waals surface area (Å²) in [5, 5.41) is 0.